The zero-order chi connectivity index (χ0) is 22.3. The topological polar surface area (TPSA) is 82.3 Å². The van der Waals surface area contributed by atoms with E-state index in [0.717, 1.165) is 42.6 Å². The Balaban J connectivity index is 0.00000363. The Labute approximate surface area is 212 Å². The van der Waals surface area contributed by atoms with Crippen LogP contribution in [0.2, 0.25) is 5.02 Å². The third-order valence-electron chi connectivity index (χ3n) is 5.34. The quantitative estimate of drug-likeness (QED) is 0.253. The SMILES string of the molecule is CCNC(=NCC(C)(O)c1ccc(C)o1)NCC(c1cccc(Cl)c1)N1CCOCC1.I. The molecule has 3 rings (SSSR count). The third kappa shape index (κ3) is 7.62. The van der Waals surface area contributed by atoms with Gasteiger partial charge in [0.2, 0.25) is 0 Å². The number of aryl methyl sites for hydroxylation is 1. The fraction of sp³-hybridized carbons (Fsp3) is 0.522. The van der Waals surface area contributed by atoms with Crippen LogP contribution < -0.4 is 10.6 Å². The van der Waals surface area contributed by atoms with Crippen molar-refractivity contribution >= 4 is 41.5 Å². The largest absolute Gasteiger partial charge is 0.463 e. The van der Waals surface area contributed by atoms with E-state index in [1.54, 1.807) is 13.0 Å². The van der Waals surface area contributed by atoms with Gasteiger partial charge < -0.3 is 24.9 Å². The van der Waals surface area contributed by atoms with Crippen molar-refractivity contribution in [2.75, 3.05) is 45.9 Å². The number of guanidine groups is 1. The molecule has 9 heteroatoms. The molecule has 2 aromatic rings. The summed E-state index contributed by atoms with van der Waals surface area (Å²) in [6.07, 6.45) is 0. The maximum atomic E-state index is 10.8. The number of benzene rings is 1. The monoisotopic (exact) mass is 576 g/mol. The van der Waals surface area contributed by atoms with E-state index in [1.807, 2.05) is 38.1 Å². The first-order valence-electron chi connectivity index (χ1n) is 10.8. The standard InChI is InChI=1S/C23H33ClN4O3.HI/c1-4-25-22(27-16-23(3,29)21-9-8-17(2)31-21)26-15-20(28-10-12-30-13-11-28)18-6-5-7-19(24)14-18;/h5-9,14,20,29H,4,10-13,15-16H2,1-3H3,(H2,25,26,27);1H. The number of nitrogens with zero attached hydrogens (tertiary/aromatic N) is 2. The Kier molecular flexibility index (Phi) is 10.8. The van der Waals surface area contributed by atoms with Crippen molar-refractivity contribution in [2.45, 2.75) is 32.4 Å². The number of rotatable bonds is 8. The molecule has 178 valence electrons. The first kappa shape index (κ1) is 26.9. The molecule has 2 atom stereocenters. The van der Waals surface area contributed by atoms with Gasteiger partial charge in [-0.2, -0.15) is 0 Å². The van der Waals surface area contributed by atoms with Crippen molar-refractivity contribution in [3.63, 3.8) is 0 Å². The fourth-order valence-electron chi connectivity index (χ4n) is 3.63. The van der Waals surface area contributed by atoms with Crippen LogP contribution in [0, 0.1) is 6.92 Å². The van der Waals surface area contributed by atoms with E-state index in [-0.39, 0.29) is 36.6 Å². The van der Waals surface area contributed by atoms with Gasteiger partial charge in [0.25, 0.3) is 0 Å². The molecule has 0 saturated carbocycles. The van der Waals surface area contributed by atoms with Crippen molar-refractivity contribution < 1.29 is 14.3 Å². The van der Waals surface area contributed by atoms with Crippen molar-refractivity contribution in [3.8, 4) is 0 Å². The van der Waals surface area contributed by atoms with Gasteiger partial charge in [0, 0.05) is 31.2 Å². The second-order valence-electron chi connectivity index (χ2n) is 7.98. The number of hydrogen-bond acceptors (Lipinski definition) is 5. The molecular formula is C23H34ClIN4O3. The molecule has 1 aliphatic heterocycles. The van der Waals surface area contributed by atoms with E-state index in [0.29, 0.717) is 24.8 Å². The lowest BCUT2D eigenvalue weighted by Crippen LogP contribution is -2.46. The number of nitrogens with one attached hydrogen (secondary N) is 2. The summed E-state index contributed by atoms with van der Waals surface area (Å²) in [4.78, 5) is 7.01. The lowest BCUT2D eigenvalue weighted by Gasteiger charge is -2.35. The van der Waals surface area contributed by atoms with Crippen LogP contribution in [0.15, 0.2) is 45.8 Å². The maximum absolute atomic E-state index is 10.8. The molecule has 2 unspecified atom stereocenters. The number of morpholine rings is 1. The minimum absolute atomic E-state index is 0. The Morgan fingerprint density at radius 2 is 2.00 bits per heavy atom. The number of aliphatic imine (C=N–C) groups is 1. The number of halogens is 2. The van der Waals surface area contributed by atoms with E-state index in [1.165, 1.54) is 0 Å². The Morgan fingerprint density at radius 3 is 2.62 bits per heavy atom. The average Bonchev–Trinajstić information content (AvgIpc) is 3.20. The van der Waals surface area contributed by atoms with Crippen LogP contribution in [0.1, 0.15) is 37.0 Å². The van der Waals surface area contributed by atoms with Gasteiger partial charge in [-0.15, -0.1) is 24.0 Å². The molecule has 1 fully saturated rings. The molecule has 0 spiro atoms. The minimum Gasteiger partial charge on any atom is -0.463 e. The van der Waals surface area contributed by atoms with Crippen molar-refractivity contribution in [1.29, 1.82) is 0 Å². The van der Waals surface area contributed by atoms with E-state index < -0.39 is 5.60 Å². The molecule has 1 saturated heterocycles. The van der Waals surface area contributed by atoms with E-state index in [4.69, 9.17) is 20.8 Å². The molecule has 0 amide bonds. The molecule has 1 aliphatic rings. The van der Waals surface area contributed by atoms with Gasteiger partial charge in [-0.3, -0.25) is 4.90 Å². The fourth-order valence-corrected chi connectivity index (χ4v) is 3.83. The second-order valence-corrected chi connectivity index (χ2v) is 8.42. The average molecular weight is 577 g/mol. The summed E-state index contributed by atoms with van der Waals surface area (Å²) in [6.45, 7) is 10.3. The van der Waals surface area contributed by atoms with E-state index >= 15 is 0 Å². The van der Waals surface area contributed by atoms with E-state index in [9.17, 15) is 5.11 Å². The summed E-state index contributed by atoms with van der Waals surface area (Å²) in [7, 11) is 0. The smallest absolute Gasteiger partial charge is 0.191 e. The molecule has 1 aromatic heterocycles. The molecule has 1 aromatic carbocycles. The Morgan fingerprint density at radius 1 is 1.25 bits per heavy atom. The van der Waals surface area contributed by atoms with Gasteiger partial charge in [-0.05, 0) is 50.6 Å². The van der Waals surface area contributed by atoms with Gasteiger partial charge in [0.05, 0.1) is 25.8 Å². The summed E-state index contributed by atoms with van der Waals surface area (Å²) in [6, 6.07) is 11.7. The number of ether oxygens (including phenoxy) is 1. The highest BCUT2D eigenvalue weighted by Gasteiger charge is 2.27. The third-order valence-corrected chi connectivity index (χ3v) is 5.58. The van der Waals surface area contributed by atoms with Gasteiger partial charge in [-0.1, -0.05) is 23.7 Å². The van der Waals surface area contributed by atoms with Gasteiger partial charge >= 0.3 is 0 Å². The Hall–Kier alpha value is -1.33. The normalized spacial score (nSPS) is 17.8. The predicted molar refractivity (Wildman–Crippen MR) is 139 cm³/mol. The summed E-state index contributed by atoms with van der Waals surface area (Å²) in [5, 5.41) is 18.2. The summed E-state index contributed by atoms with van der Waals surface area (Å²) in [5.41, 5.74) is -0.0384. The molecule has 0 radical (unpaired) electrons. The first-order valence-corrected chi connectivity index (χ1v) is 11.2. The zero-order valence-corrected chi connectivity index (χ0v) is 22.0. The van der Waals surface area contributed by atoms with Gasteiger partial charge in [0.1, 0.15) is 17.1 Å². The lowest BCUT2D eigenvalue weighted by atomic mass is 10.0. The first-order chi connectivity index (χ1) is 14.9. The highest BCUT2D eigenvalue weighted by Crippen LogP contribution is 2.25. The van der Waals surface area contributed by atoms with E-state index in [2.05, 4.69) is 26.6 Å². The van der Waals surface area contributed by atoms with Gasteiger partial charge in [-0.25, -0.2) is 4.99 Å². The van der Waals surface area contributed by atoms with Crippen LogP contribution in [0.3, 0.4) is 0 Å². The van der Waals surface area contributed by atoms with Crippen LogP contribution in [-0.4, -0.2) is 61.9 Å². The maximum Gasteiger partial charge on any atom is 0.191 e. The van der Waals surface area contributed by atoms with Crippen LogP contribution in [0.5, 0.6) is 0 Å². The zero-order valence-electron chi connectivity index (χ0n) is 18.9. The van der Waals surface area contributed by atoms with Crippen LogP contribution >= 0.6 is 35.6 Å². The Bertz CT molecular complexity index is 868. The number of furan rings is 1. The lowest BCUT2D eigenvalue weighted by molar-refractivity contribution is 0.0169. The number of aliphatic hydroxyl groups is 1. The predicted octanol–water partition coefficient (Wildman–Crippen LogP) is 3.70. The number of hydrogen-bond donors (Lipinski definition) is 3. The second kappa shape index (κ2) is 12.8. The molecule has 32 heavy (non-hydrogen) atoms. The molecule has 3 N–H and O–H groups in total. The highest BCUT2D eigenvalue weighted by molar-refractivity contribution is 14.0. The van der Waals surface area contributed by atoms with Crippen LogP contribution in [-0.2, 0) is 10.3 Å². The summed E-state index contributed by atoms with van der Waals surface area (Å²) in [5.74, 6) is 1.92. The minimum atomic E-state index is -1.19. The molecule has 0 aliphatic carbocycles. The molecular weight excluding hydrogens is 543 g/mol. The summed E-state index contributed by atoms with van der Waals surface area (Å²) < 4.78 is 11.1. The molecule has 0 bridgehead atoms. The summed E-state index contributed by atoms with van der Waals surface area (Å²) >= 11 is 6.26. The van der Waals surface area contributed by atoms with Crippen molar-refractivity contribution in [2.24, 2.45) is 4.99 Å². The van der Waals surface area contributed by atoms with Crippen LogP contribution in [0.4, 0.5) is 0 Å². The van der Waals surface area contributed by atoms with Crippen molar-refractivity contribution in [3.05, 3.63) is 58.5 Å². The van der Waals surface area contributed by atoms with Crippen LogP contribution in [0.25, 0.3) is 0 Å². The molecule has 2 heterocycles. The van der Waals surface area contributed by atoms with Crippen molar-refractivity contribution in [1.82, 2.24) is 15.5 Å². The molecule has 7 nitrogen and oxygen atoms in total. The highest BCUT2D eigenvalue weighted by atomic mass is 127. The van der Waals surface area contributed by atoms with Gasteiger partial charge in [0.15, 0.2) is 5.96 Å².